The third-order valence-corrected chi connectivity index (χ3v) is 2.89. The first-order valence-electron chi connectivity index (χ1n) is 5.22. The van der Waals surface area contributed by atoms with E-state index in [2.05, 4.69) is 16.8 Å². The summed E-state index contributed by atoms with van der Waals surface area (Å²) in [4.78, 5) is 17.5. The van der Waals surface area contributed by atoms with Crippen LogP contribution in [0.4, 0.5) is 0 Å². The molecule has 0 N–H and O–H groups in total. The fourth-order valence-electron chi connectivity index (χ4n) is 1.52. The zero-order valence-corrected chi connectivity index (χ0v) is 9.49. The van der Waals surface area contributed by atoms with Gasteiger partial charge < -0.3 is 9.80 Å². The van der Waals surface area contributed by atoms with E-state index in [-0.39, 0.29) is 5.91 Å². The Morgan fingerprint density at radius 1 is 1.29 bits per heavy atom. The molecule has 14 heavy (non-hydrogen) atoms. The Kier molecular flexibility index (Phi) is 4.35. The summed E-state index contributed by atoms with van der Waals surface area (Å²) in [6, 6.07) is 0. The fraction of sp³-hybridized carbons (Fsp3) is 0.900. The van der Waals surface area contributed by atoms with Crippen LogP contribution in [0, 0.1) is 0 Å². The van der Waals surface area contributed by atoms with E-state index in [0.29, 0.717) is 0 Å². The molecule has 1 rings (SSSR count). The fourth-order valence-corrected chi connectivity index (χ4v) is 1.52. The highest BCUT2D eigenvalue weighted by Gasteiger charge is 2.13. The maximum Gasteiger partial charge on any atom is 0.219 e. The van der Waals surface area contributed by atoms with Gasteiger partial charge in [-0.1, -0.05) is 0 Å². The summed E-state index contributed by atoms with van der Waals surface area (Å²) < 4.78 is 0. The van der Waals surface area contributed by atoms with Crippen LogP contribution in [0.1, 0.15) is 6.92 Å². The molecule has 1 aliphatic rings. The van der Waals surface area contributed by atoms with Crippen molar-refractivity contribution in [1.82, 2.24) is 14.7 Å². The van der Waals surface area contributed by atoms with E-state index in [1.807, 2.05) is 7.05 Å². The Labute approximate surface area is 86.5 Å². The second-order valence-electron chi connectivity index (χ2n) is 4.09. The Balaban J connectivity index is 2.16. The summed E-state index contributed by atoms with van der Waals surface area (Å²) in [6.07, 6.45) is 0. The van der Waals surface area contributed by atoms with Crippen molar-refractivity contribution >= 4 is 5.91 Å². The molecule has 0 radical (unpaired) electrons. The van der Waals surface area contributed by atoms with Crippen LogP contribution in [0.2, 0.25) is 0 Å². The third kappa shape index (κ3) is 3.64. The van der Waals surface area contributed by atoms with Gasteiger partial charge in [0.05, 0.1) is 0 Å². The summed E-state index contributed by atoms with van der Waals surface area (Å²) in [7, 11) is 4.01. The third-order valence-electron chi connectivity index (χ3n) is 2.89. The molecule has 0 unspecified atom stereocenters. The van der Waals surface area contributed by atoms with E-state index in [0.717, 1.165) is 39.3 Å². The van der Waals surface area contributed by atoms with Crippen molar-refractivity contribution in [3.63, 3.8) is 0 Å². The number of piperazine rings is 1. The normalized spacial score (nSPS) is 19.6. The van der Waals surface area contributed by atoms with Gasteiger partial charge in [-0.2, -0.15) is 0 Å². The van der Waals surface area contributed by atoms with E-state index in [1.54, 1.807) is 11.8 Å². The molecule has 82 valence electrons. The largest absolute Gasteiger partial charge is 0.345 e. The molecular weight excluding hydrogens is 178 g/mol. The van der Waals surface area contributed by atoms with Crippen molar-refractivity contribution in [2.24, 2.45) is 0 Å². The molecule has 0 spiro atoms. The number of nitrogens with zero attached hydrogens (tertiary/aromatic N) is 3. The summed E-state index contributed by atoms with van der Waals surface area (Å²) in [6.45, 7) is 8.00. The van der Waals surface area contributed by atoms with Crippen LogP contribution < -0.4 is 0 Å². The summed E-state index contributed by atoms with van der Waals surface area (Å²) in [5, 5.41) is 0. The quantitative estimate of drug-likeness (QED) is 0.625. The Morgan fingerprint density at radius 3 is 2.36 bits per heavy atom. The lowest BCUT2D eigenvalue weighted by molar-refractivity contribution is -0.127. The predicted octanol–water partition coefficient (Wildman–Crippen LogP) is -0.288. The number of carbonyl (C=O) groups excluding carboxylic acids is 1. The maximum atomic E-state index is 11.0. The number of carbonyl (C=O) groups is 1. The van der Waals surface area contributed by atoms with E-state index in [9.17, 15) is 4.79 Å². The highest BCUT2D eigenvalue weighted by atomic mass is 16.2. The highest BCUT2D eigenvalue weighted by molar-refractivity contribution is 5.72. The lowest BCUT2D eigenvalue weighted by atomic mass is 10.3. The van der Waals surface area contributed by atoms with Crippen molar-refractivity contribution in [1.29, 1.82) is 0 Å². The molecule has 0 aromatic rings. The van der Waals surface area contributed by atoms with Crippen molar-refractivity contribution in [2.75, 3.05) is 53.4 Å². The van der Waals surface area contributed by atoms with Crippen LogP contribution in [0.3, 0.4) is 0 Å². The van der Waals surface area contributed by atoms with Crippen molar-refractivity contribution in [3.8, 4) is 0 Å². The van der Waals surface area contributed by atoms with Gasteiger partial charge in [0.15, 0.2) is 0 Å². The zero-order valence-electron chi connectivity index (χ0n) is 9.49. The topological polar surface area (TPSA) is 26.8 Å². The number of likely N-dealkylation sites (N-methyl/N-ethyl adjacent to an activating group) is 2. The van der Waals surface area contributed by atoms with Crippen molar-refractivity contribution < 1.29 is 4.79 Å². The zero-order chi connectivity index (χ0) is 10.6. The van der Waals surface area contributed by atoms with Crippen molar-refractivity contribution in [3.05, 3.63) is 0 Å². The van der Waals surface area contributed by atoms with Crippen LogP contribution in [0.25, 0.3) is 0 Å². The first-order valence-corrected chi connectivity index (χ1v) is 5.22. The molecule has 1 aliphatic heterocycles. The van der Waals surface area contributed by atoms with Gasteiger partial charge in [0.2, 0.25) is 5.91 Å². The Hall–Kier alpha value is -0.610. The highest BCUT2D eigenvalue weighted by Crippen LogP contribution is 1.98. The lowest BCUT2D eigenvalue weighted by Crippen LogP contribution is -2.47. The predicted molar refractivity (Wildman–Crippen MR) is 57.2 cm³/mol. The molecule has 0 aromatic heterocycles. The minimum absolute atomic E-state index is 0.152. The van der Waals surface area contributed by atoms with Crippen LogP contribution in [0.5, 0.6) is 0 Å². The van der Waals surface area contributed by atoms with Crippen LogP contribution in [0.15, 0.2) is 0 Å². The minimum Gasteiger partial charge on any atom is -0.345 e. The molecule has 0 bridgehead atoms. The smallest absolute Gasteiger partial charge is 0.219 e. The van der Waals surface area contributed by atoms with Crippen LogP contribution in [-0.4, -0.2) is 74.0 Å². The monoisotopic (exact) mass is 199 g/mol. The first-order chi connectivity index (χ1) is 6.59. The number of amides is 1. The van der Waals surface area contributed by atoms with Gasteiger partial charge in [-0.3, -0.25) is 9.69 Å². The molecule has 0 saturated carbocycles. The average molecular weight is 199 g/mol. The van der Waals surface area contributed by atoms with Crippen LogP contribution in [-0.2, 0) is 4.79 Å². The van der Waals surface area contributed by atoms with Crippen molar-refractivity contribution in [2.45, 2.75) is 6.92 Å². The van der Waals surface area contributed by atoms with Gasteiger partial charge in [0.25, 0.3) is 0 Å². The number of hydrogen-bond acceptors (Lipinski definition) is 3. The van der Waals surface area contributed by atoms with Gasteiger partial charge in [-0.25, -0.2) is 0 Å². The lowest BCUT2D eigenvalue weighted by Gasteiger charge is -2.33. The maximum absolute atomic E-state index is 11.0. The second-order valence-corrected chi connectivity index (χ2v) is 4.09. The SMILES string of the molecule is CC(=O)N(C)CCN1CCN(C)CC1. The minimum atomic E-state index is 0.152. The molecule has 1 heterocycles. The molecule has 1 saturated heterocycles. The molecule has 1 amide bonds. The summed E-state index contributed by atoms with van der Waals surface area (Å²) in [5.74, 6) is 0.152. The van der Waals surface area contributed by atoms with E-state index in [1.165, 1.54) is 0 Å². The van der Waals surface area contributed by atoms with Gasteiger partial charge in [0.1, 0.15) is 0 Å². The molecule has 0 atom stereocenters. The van der Waals surface area contributed by atoms with Gasteiger partial charge in [-0.15, -0.1) is 0 Å². The first kappa shape index (κ1) is 11.5. The van der Waals surface area contributed by atoms with Gasteiger partial charge in [-0.05, 0) is 7.05 Å². The Morgan fingerprint density at radius 2 is 1.86 bits per heavy atom. The van der Waals surface area contributed by atoms with E-state index < -0.39 is 0 Å². The van der Waals surface area contributed by atoms with E-state index >= 15 is 0 Å². The second kappa shape index (κ2) is 5.32. The number of hydrogen-bond donors (Lipinski definition) is 0. The summed E-state index contributed by atoms with van der Waals surface area (Å²) >= 11 is 0. The molecule has 4 heteroatoms. The Bertz CT molecular complexity index is 188. The molecule has 4 nitrogen and oxygen atoms in total. The molecule has 0 aliphatic carbocycles. The van der Waals surface area contributed by atoms with Gasteiger partial charge in [0, 0.05) is 53.2 Å². The molecular formula is C10H21N3O. The summed E-state index contributed by atoms with van der Waals surface area (Å²) in [5.41, 5.74) is 0. The number of rotatable bonds is 3. The molecule has 0 aromatic carbocycles. The van der Waals surface area contributed by atoms with Gasteiger partial charge >= 0.3 is 0 Å². The van der Waals surface area contributed by atoms with E-state index in [4.69, 9.17) is 0 Å². The molecule has 1 fully saturated rings. The average Bonchev–Trinajstić information content (AvgIpc) is 2.16. The van der Waals surface area contributed by atoms with Crippen LogP contribution >= 0.6 is 0 Å². The standard InChI is InChI=1S/C10H21N3O/c1-10(14)12(3)6-9-13-7-4-11(2)5-8-13/h4-9H2,1-3H3.